The summed E-state index contributed by atoms with van der Waals surface area (Å²) in [4.78, 5) is 29.7. The van der Waals surface area contributed by atoms with E-state index in [2.05, 4.69) is 5.32 Å². The highest BCUT2D eigenvalue weighted by Crippen LogP contribution is 2.40. The minimum Gasteiger partial charge on any atom is -0.476 e. The zero-order chi connectivity index (χ0) is 21.0. The van der Waals surface area contributed by atoms with Gasteiger partial charge in [-0.05, 0) is 64.8 Å². The van der Waals surface area contributed by atoms with Gasteiger partial charge in [0.1, 0.15) is 5.75 Å². The lowest BCUT2D eigenvalue weighted by Gasteiger charge is -2.39. The Labute approximate surface area is 173 Å². The summed E-state index contributed by atoms with van der Waals surface area (Å²) in [6.07, 6.45) is 2.65. The van der Waals surface area contributed by atoms with Crippen molar-refractivity contribution in [3.8, 4) is 5.75 Å². The number of hydrogen-bond donors (Lipinski definition) is 1. The van der Waals surface area contributed by atoms with Gasteiger partial charge in [0.15, 0.2) is 5.60 Å². The highest BCUT2D eigenvalue weighted by atomic mass is 16.5. The van der Waals surface area contributed by atoms with Gasteiger partial charge in [-0.25, -0.2) is 0 Å². The molecule has 0 spiro atoms. The average molecular weight is 404 g/mol. The molecule has 1 aromatic rings. The number of nitrogens with zero attached hydrogens (tertiary/aromatic N) is 2. The largest absolute Gasteiger partial charge is 0.476 e. The molecule has 1 atom stereocenters. The van der Waals surface area contributed by atoms with Crippen LogP contribution in [-0.4, -0.2) is 57.3 Å². The second-order valence-electron chi connectivity index (χ2n) is 8.19. The Balaban J connectivity index is 1.90. The van der Waals surface area contributed by atoms with Crippen LogP contribution in [0, 0.1) is 5.92 Å². The monoisotopic (exact) mass is 403 g/mol. The number of nitrogens with one attached hydrogen (secondary N) is 1. The van der Waals surface area contributed by atoms with E-state index in [4.69, 9.17) is 9.47 Å². The van der Waals surface area contributed by atoms with Gasteiger partial charge in [0.2, 0.25) is 5.91 Å². The quantitative estimate of drug-likeness (QED) is 0.709. The van der Waals surface area contributed by atoms with Crippen LogP contribution >= 0.6 is 0 Å². The molecule has 1 saturated heterocycles. The normalized spacial score (nSPS) is 20.8. The Hall–Kier alpha value is -2.12. The van der Waals surface area contributed by atoms with Crippen molar-refractivity contribution in [3.05, 3.63) is 18.2 Å². The Kier molecular flexibility index (Phi) is 6.80. The van der Waals surface area contributed by atoms with Crippen molar-refractivity contribution in [2.24, 2.45) is 5.92 Å². The van der Waals surface area contributed by atoms with Crippen molar-refractivity contribution >= 4 is 23.2 Å². The molecule has 0 radical (unpaired) electrons. The van der Waals surface area contributed by atoms with Crippen LogP contribution in [0.4, 0.5) is 11.4 Å². The van der Waals surface area contributed by atoms with Crippen LogP contribution in [0.1, 0.15) is 40.0 Å². The Morgan fingerprint density at radius 1 is 1.41 bits per heavy atom. The first-order chi connectivity index (χ1) is 13.9. The summed E-state index contributed by atoms with van der Waals surface area (Å²) in [5.41, 5.74) is 0.598. The van der Waals surface area contributed by atoms with Gasteiger partial charge in [-0.2, -0.15) is 0 Å². The molecule has 1 aromatic carbocycles. The van der Waals surface area contributed by atoms with Gasteiger partial charge in [-0.15, -0.1) is 0 Å². The first kappa shape index (κ1) is 21.6. The number of anilines is 2. The average Bonchev–Trinajstić information content (AvgIpc) is 2.72. The number of hydrogen-bond acceptors (Lipinski definition) is 5. The van der Waals surface area contributed by atoms with Crippen molar-refractivity contribution in [2.75, 3.05) is 49.7 Å². The van der Waals surface area contributed by atoms with Crippen LogP contribution in [0.15, 0.2) is 18.2 Å². The van der Waals surface area contributed by atoms with Gasteiger partial charge in [-0.3, -0.25) is 9.59 Å². The van der Waals surface area contributed by atoms with E-state index in [1.807, 2.05) is 30.0 Å². The second kappa shape index (κ2) is 9.13. The lowest BCUT2D eigenvalue weighted by Crippen LogP contribution is -2.53. The SMILES string of the molecule is CCN(C(=O)[C@@H]1CCCNC1)c1ccc2c(c1)N(CCCOC)C(=O)C(C)(C)O2. The molecule has 1 fully saturated rings. The lowest BCUT2D eigenvalue weighted by atomic mass is 9.97. The molecule has 0 bridgehead atoms. The number of ether oxygens (including phenoxy) is 2. The first-order valence-electron chi connectivity index (χ1n) is 10.5. The molecular formula is C22H33N3O4. The molecule has 160 valence electrons. The summed E-state index contributed by atoms with van der Waals surface area (Å²) in [6, 6.07) is 5.69. The third-order valence-electron chi connectivity index (χ3n) is 5.63. The van der Waals surface area contributed by atoms with Gasteiger partial charge in [0.05, 0.1) is 11.6 Å². The van der Waals surface area contributed by atoms with E-state index in [0.717, 1.165) is 43.7 Å². The summed E-state index contributed by atoms with van der Waals surface area (Å²) in [5.74, 6) is 0.714. The minimum absolute atomic E-state index is 0.00523. The smallest absolute Gasteiger partial charge is 0.270 e. The Bertz CT molecular complexity index is 744. The number of methoxy groups -OCH3 is 1. The van der Waals surface area contributed by atoms with E-state index in [-0.39, 0.29) is 17.7 Å². The third-order valence-corrected chi connectivity index (χ3v) is 5.63. The van der Waals surface area contributed by atoms with E-state index >= 15 is 0 Å². The maximum atomic E-state index is 13.1. The molecule has 0 aliphatic carbocycles. The van der Waals surface area contributed by atoms with E-state index in [9.17, 15) is 9.59 Å². The highest BCUT2D eigenvalue weighted by Gasteiger charge is 2.41. The molecule has 3 rings (SSSR count). The molecule has 7 heteroatoms. The van der Waals surface area contributed by atoms with Crippen LogP contribution in [0.25, 0.3) is 0 Å². The fourth-order valence-electron chi connectivity index (χ4n) is 4.06. The second-order valence-corrected chi connectivity index (χ2v) is 8.19. The predicted octanol–water partition coefficient (Wildman–Crippen LogP) is 2.58. The number of amides is 2. The third kappa shape index (κ3) is 4.56. The molecule has 2 aliphatic heterocycles. The highest BCUT2D eigenvalue weighted by molar-refractivity contribution is 6.03. The van der Waals surface area contributed by atoms with Gasteiger partial charge in [0.25, 0.3) is 5.91 Å². The zero-order valence-corrected chi connectivity index (χ0v) is 18.0. The van der Waals surface area contributed by atoms with Crippen molar-refractivity contribution < 1.29 is 19.1 Å². The van der Waals surface area contributed by atoms with Crippen LogP contribution in [0.2, 0.25) is 0 Å². The standard InChI is InChI=1S/C22H33N3O4/c1-5-24(20(26)16-8-6-11-23-15-16)17-9-10-19-18(14-17)25(12-7-13-28-4)21(27)22(2,3)29-19/h9-10,14,16,23H,5-8,11-13,15H2,1-4H3/t16-/m1/s1. The molecule has 1 N–H and O–H groups in total. The summed E-state index contributed by atoms with van der Waals surface area (Å²) < 4.78 is 11.1. The summed E-state index contributed by atoms with van der Waals surface area (Å²) in [5, 5.41) is 3.31. The van der Waals surface area contributed by atoms with E-state index < -0.39 is 5.60 Å². The molecule has 2 aliphatic rings. The topological polar surface area (TPSA) is 71.1 Å². The molecule has 2 heterocycles. The molecule has 0 unspecified atom stereocenters. The minimum atomic E-state index is -0.921. The van der Waals surface area contributed by atoms with Crippen molar-refractivity contribution in [2.45, 2.75) is 45.6 Å². The molecule has 29 heavy (non-hydrogen) atoms. The molecule has 0 aromatic heterocycles. The van der Waals surface area contributed by atoms with E-state index in [1.165, 1.54) is 0 Å². The molecule has 0 saturated carbocycles. The summed E-state index contributed by atoms with van der Waals surface area (Å²) in [6.45, 7) is 8.95. The number of carbonyl (C=O) groups is 2. The van der Waals surface area contributed by atoms with Crippen LogP contribution in [0.5, 0.6) is 5.75 Å². The van der Waals surface area contributed by atoms with Crippen LogP contribution in [0.3, 0.4) is 0 Å². The van der Waals surface area contributed by atoms with Crippen LogP contribution < -0.4 is 19.9 Å². The first-order valence-corrected chi connectivity index (χ1v) is 10.5. The summed E-state index contributed by atoms with van der Waals surface area (Å²) >= 11 is 0. The maximum Gasteiger partial charge on any atom is 0.270 e. The molecule has 2 amide bonds. The van der Waals surface area contributed by atoms with Crippen LogP contribution in [-0.2, 0) is 14.3 Å². The van der Waals surface area contributed by atoms with E-state index in [0.29, 0.717) is 25.4 Å². The number of benzene rings is 1. The Morgan fingerprint density at radius 2 is 2.21 bits per heavy atom. The number of rotatable bonds is 7. The fourth-order valence-corrected chi connectivity index (χ4v) is 4.06. The van der Waals surface area contributed by atoms with Gasteiger partial charge in [0, 0.05) is 39.0 Å². The summed E-state index contributed by atoms with van der Waals surface area (Å²) in [7, 11) is 1.65. The number of carbonyl (C=O) groups excluding carboxylic acids is 2. The molecular weight excluding hydrogens is 370 g/mol. The van der Waals surface area contributed by atoms with Crippen molar-refractivity contribution in [3.63, 3.8) is 0 Å². The Morgan fingerprint density at radius 3 is 2.86 bits per heavy atom. The van der Waals surface area contributed by atoms with Gasteiger partial charge in [-0.1, -0.05) is 0 Å². The predicted molar refractivity (Wildman–Crippen MR) is 114 cm³/mol. The van der Waals surface area contributed by atoms with Gasteiger partial charge >= 0.3 is 0 Å². The lowest BCUT2D eigenvalue weighted by molar-refractivity contribution is -0.132. The van der Waals surface area contributed by atoms with Gasteiger partial charge < -0.3 is 24.6 Å². The number of piperidine rings is 1. The zero-order valence-electron chi connectivity index (χ0n) is 18.0. The maximum absolute atomic E-state index is 13.1. The van der Waals surface area contributed by atoms with Crippen molar-refractivity contribution in [1.29, 1.82) is 0 Å². The fraction of sp³-hybridized carbons (Fsp3) is 0.636. The number of fused-ring (bicyclic) bond motifs is 1. The molecule has 7 nitrogen and oxygen atoms in total. The van der Waals surface area contributed by atoms with E-state index in [1.54, 1.807) is 25.9 Å². The van der Waals surface area contributed by atoms with Crippen molar-refractivity contribution in [1.82, 2.24) is 5.32 Å².